The molecule has 0 N–H and O–H groups in total. The molecule has 0 fully saturated rings. The fraction of sp³-hybridized carbons (Fsp3) is 0.200. The summed E-state index contributed by atoms with van der Waals surface area (Å²) in [5, 5.41) is 5.35. The molecule has 1 heterocycles. The molecule has 0 saturated carbocycles. The summed E-state index contributed by atoms with van der Waals surface area (Å²) in [7, 11) is 0. The van der Waals surface area contributed by atoms with E-state index >= 15 is 0 Å². The van der Waals surface area contributed by atoms with Crippen LogP contribution in [0.2, 0.25) is 5.02 Å². The van der Waals surface area contributed by atoms with Gasteiger partial charge in [0.25, 0.3) is 5.91 Å². The second kappa shape index (κ2) is 7.53. The van der Waals surface area contributed by atoms with Gasteiger partial charge in [-0.3, -0.25) is 4.79 Å². The molecule has 128 valence electrons. The molecule has 3 rings (SSSR count). The molecule has 25 heavy (non-hydrogen) atoms. The minimum atomic E-state index is -0.0263. The van der Waals surface area contributed by atoms with Gasteiger partial charge in [0.2, 0.25) is 0 Å². The Morgan fingerprint density at radius 2 is 1.68 bits per heavy atom. The van der Waals surface area contributed by atoms with Gasteiger partial charge in [0, 0.05) is 23.7 Å². The number of halogens is 1. The van der Waals surface area contributed by atoms with Crippen molar-refractivity contribution in [3.8, 4) is 16.9 Å². The minimum absolute atomic E-state index is 0.0263. The molecule has 4 nitrogen and oxygen atoms in total. The number of carbonyl (C=O) groups is 1. The second-order valence-electron chi connectivity index (χ2n) is 5.65. The summed E-state index contributed by atoms with van der Waals surface area (Å²) >= 11 is 5.97. The third-order valence-corrected chi connectivity index (χ3v) is 4.37. The average Bonchev–Trinajstić information content (AvgIpc) is 3.09. The Morgan fingerprint density at radius 1 is 1.04 bits per heavy atom. The summed E-state index contributed by atoms with van der Waals surface area (Å²) in [6.45, 7) is 5.27. The van der Waals surface area contributed by atoms with Gasteiger partial charge in [-0.1, -0.05) is 41.9 Å². The van der Waals surface area contributed by atoms with Gasteiger partial charge >= 0.3 is 0 Å². The third kappa shape index (κ3) is 3.59. The predicted octanol–water partition coefficient (Wildman–Crippen LogP) is 4.67. The van der Waals surface area contributed by atoms with Crippen LogP contribution in [0, 0.1) is 0 Å². The summed E-state index contributed by atoms with van der Waals surface area (Å²) in [6.07, 6.45) is 0. The van der Waals surface area contributed by atoms with Crippen LogP contribution in [-0.4, -0.2) is 33.7 Å². The van der Waals surface area contributed by atoms with Crippen molar-refractivity contribution in [1.82, 2.24) is 14.7 Å². The van der Waals surface area contributed by atoms with Crippen LogP contribution in [0.15, 0.2) is 60.7 Å². The molecule has 0 bridgehead atoms. The Labute approximate surface area is 152 Å². The van der Waals surface area contributed by atoms with E-state index < -0.39 is 0 Å². The highest BCUT2D eigenvalue weighted by molar-refractivity contribution is 6.30. The van der Waals surface area contributed by atoms with Gasteiger partial charge in [-0.25, -0.2) is 4.68 Å². The molecule has 1 amide bonds. The zero-order chi connectivity index (χ0) is 17.8. The highest BCUT2D eigenvalue weighted by Crippen LogP contribution is 2.24. The quantitative estimate of drug-likeness (QED) is 0.668. The number of para-hydroxylation sites is 1. The Hall–Kier alpha value is -2.59. The summed E-state index contributed by atoms with van der Waals surface area (Å²) in [5.41, 5.74) is 3.08. The van der Waals surface area contributed by atoms with Crippen LogP contribution in [0.3, 0.4) is 0 Å². The number of aromatic nitrogens is 2. The molecule has 1 aromatic heterocycles. The van der Waals surface area contributed by atoms with Gasteiger partial charge in [0.15, 0.2) is 0 Å². The molecule has 0 aliphatic carbocycles. The van der Waals surface area contributed by atoms with Crippen molar-refractivity contribution in [2.45, 2.75) is 13.8 Å². The Balaban J connectivity index is 2.11. The molecule has 5 heteroatoms. The molecule has 0 atom stereocenters. The van der Waals surface area contributed by atoms with E-state index in [1.54, 1.807) is 9.58 Å². The molecule has 0 aliphatic rings. The molecule has 0 saturated heterocycles. The van der Waals surface area contributed by atoms with Crippen molar-refractivity contribution < 1.29 is 4.79 Å². The topological polar surface area (TPSA) is 38.1 Å². The molecule has 3 aromatic rings. The van der Waals surface area contributed by atoms with Crippen LogP contribution >= 0.6 is 11.6 Å². The predicted molar refractivity (Wildman–Crippen MR) is 101 cm³/mol. The number of benzene rings is 2. The number of rotatable bonds is 5. The molecule has 0 spiro atoms. The number of amides is 1. The molecule has 2 aromatic carbocycles. The lowest BCUT2D eigenvalue weighted by atomic mass is 10.1. The van der Waals surface area contributed by atoms with E-state index in [9.17, 15) is 4.79 Å². The Morgan fingerprint density at radius 3 is 2.28 bits per heavy atom. The van der Waals surface area contributed by atoms with E-state index in [4.69, 9.17) is 11.6 Å². The third-order valence-electron chi connectivity index (χ3n) is 4.12. The Kier molecular flexibility index (Phi) is 5.19. The summed E-state index contributed by atoms with van der Waals surface area (Å²) < 4.78 is 1.71. The van der Waals surface area contributed by atoms with Crippen LogP contribution < -0.4 is 0 Å². The first kappa shape index (κ1) is 17.2. The maximum absolute atomic E-state index is 12.9. The fourth-order valence-electron chi connectivity index (χ4n) is 2.73. The molecular weight excluding hydrogens is 334 g/mol. The zero-order valence-electron chi connectivity index (χ0n) is 14.3. The fourth-order valence-corrected chi connectivity index (χ4v) is 2.86. The van der Waals surface area contributed by atoms with E-state index in [-0.39, 0.29) is 5.91 Å². The van der Waals surface area contributed by atoms with Crippen molar-refractivity contribution in [3.63, 3.8) is 0 Å². The first-order chi connectivity index (χ1) is 12.1. The second-order valence-corrected chi connectivity index (χ2v) is 6.08. The van der Waals surface area contributed by atoms with Gasteiger partial charge in [-0.05, 0) is 44.2 Å². The van der Waals surface area contributed by atoms with Crippen molar-refractivity contribution in [1.29, 1.82) is 0 Å². The summed E-state index contributed by atoms with van der Waals surface area (Å²) in [6, 6.07) is 19.0. The standard InChI is InChI=1S/C20H20ClN3O/c1-3-23(4-2)20(25)19-14-18(15-10-12-16(21)13-11-15)22-24(19)17-8-6-5-7-9-17/h5-14H,3-4H2,1-2H3. The van der Waals surface area contributed by atoms with Gasteiger partial charge in [-0.15, -0.1) is 0 Å². The number of hydrogen-bond donors (Lipinski definition) is 0. The summed E-state index contributed by atoms with van der Waals surface area (Å²) in [4.78, 5) is 14.7. The van der Waals surface area contributed by atoms with Gasteiger partial charge in [-0.2, -0.15) is 5.10 Å². The lowest BCUT2D eigenvalue weighted by Crippen LogP contribution is -2.32. The van der Waals surface area contributed by atoms with E-state index in [1.807, 2.05) is 74.5 Å². The zero-order valence-corrected chi connectivity index (χ0v) is 15.1. The molecule has 0 unspecified atom stereocenters. The number of hydrogen-bond acceptors (Lipinski definition) is 2. The average molecular weight is 354 g/mol. The normalized spacial score (nSPS) is 10.7. The molecular formula is C20H20ClN3O. The highest BCUT2D eigenvalue weighted by atomic mass is 35.5. The SMILES string of the molecule is CCN(CC)C(=O)c1cc(-c2ccc(Cl)cc2)nn1-c1ccccc1. The van der Waals surface area contributed by atoms with Crippen LogP contribution in [-0.2, 0) is 0 Å². The smallest absolute Gasteiger partial charge is 0.272 e. The van der Waals surface area contributed by atoms with E-state index in [0.717, 1.165) is 16.9 Å². The van der Waals surface area contributed by atoms with Crippen LogP contribution in [0.1, 0.15) is 24.3 Å². The highest BCUT2D eigenvalue weighted by Gasteiger charge is 2.21. The summed E-state index contributed by atoms with van der Waals surface area (Å²) in [5.74, 6) is -0.0263. The maximum Gasteiger partial charge on any atom is 0.272 e. The first-order valence-electron chi connectivity index (χ1n) is 8.34. The first-order valence-corrected chi connectivity index (χ1v) is 8.72. The van der Waals surface area contributed by atoms with E-state index in [0.29, 0.717) is 23.8 Å². The lowest BCUT2D eigenvalue weighted by Gasteiger charge is -2.19. The van der Waals surface area contributed by atoms with Crippen molar-refractivity contribution in [2.75, 3.05) is 13.1 Å². The van der Waals surface area contributed by atoms with Crippen LogP contribution in [0.25, 0.3) is 16.9 Å². The maximum atomic E-state index is 12.9. The van der Waals surface area contributed by atoms with Crippen molar-refractivity contribution >= 4 is 17.5 Å². The van der Waals surface area contributed by atoms with Crippen molar-refractivity contribution in [3.05, 3.63) is 71.4 Å². The Bertz CT molecular complexity index is 852. The lowest BCUT2D eigenvalue weighted by molar-refractivity contribution is 0.0764. The number of carbonyl (C=O) groups excluding carboxylic acids is 1. The molecule has 0 aliphatic heterocycles. The van der Waals surface area contributed by atoms with Gasteiger partial charge < -0.3 is 4.90 Å². The van der Waals surface area contributed by atoms with Gasteiger partial charge in [0.1, 0.15) is 5.69 Å². The largest absolute Gasteiger partial charge is 0.338 e. The monoisotopic (exact) mass is 353 g/mol. The minimum Gasteiger partial charge on any atom is -0.338 e. The van der Waals surface area contributed by atoms with E-state index in [1.165, 1.54) is 0 Å². The molecule has 0 radical (unpaired) electrons. The van der Waals surface area contributed by atoms with Crippen molar-refractivity contribution in [2.24, 2.45) is 0 Å². The van der Waals surface area contributed by atoms with Crippen LogP contribution in [0.5, 0.6) is 0 Å². The number of nitrogens with zero attached hydrogens (tertiary/aromatic N) is 3. The van der Waals surface area contributed by atoms with Gasteiger partial charge in [0.05, 0.1) is 11.4 Å². The van der Waals surface area contributed by atoms with E-state index in [2.05, 4.69) is 5.10 Å². The van der Waals surface area contributed by atoms with Crippen LogP contribution in [0.4, 0.5) is 0 Å².